The van der Waals surface area contributed by atoms with E-state index in [4.69, 9.17) is 16.3 Å². The van der Waals surface area contributed by atoms with E-state index in [1.807, 2.05) is 49.4 Å². The van der Waals surface area contributed by atoms with Crippen molar-refractivity contribution < 1.29 is 4.74 Å². The molecule has 0 amide bonds. The maximum Gasteiger partial charge on any atom is 0.249 e. The third-order valence-electron chi connectivity index (χ3n) is 3.36. The Hall–Kier alpha value is -2.86. The first-order valence-corrected chi connectivity index (χ1v) is 7.66. The van der Waals surface area contributed by atoms with Crippen LogP contribution in [0.3, 0.4) is 0 Å². The van der Waals surface area contributed by atoms with Crippen LogP contribution in [-0.4, -0.2) is 22.3 Å². The summed E-state index contributed by atoms with van der Waals surface area (Å²) in [5.74, 6) is 1.64. The minimum Gasteiger partial charge on any atom is -0.495 e. The van der Waals surface area contributed by atoms with Gasteiger partial charge in [-0.25, -0.2) is 0 Å². The van der Waals surface area contributed by atoms with Gasteiger partial charge in [0.25, 0.3) is 0 Å². The lowest BCUT2D eigenvalue weighted by Gasteiger charge is -2.11. The summed E-state index contributed by atoms with van der Waals surface area (Å²) >= 11 is 6.13. The number of nitrogens with zero attached hydrogens (tertiary/aromatic N) is 3. The molecule has 0 atom stereocenters. The van der Waals surface area contributed by atoms with E-state index in [9.17, 15) is 0 Å². The number of nitrogens with one attached hydrogen (secondary N) is 2. The summed E-state index contributed by atoms with van der Waals surface area (Å²) in [7, 11) is 1.62. The number of para-hydroxylation sites is 2. The molecule has 2 aromatic carbocycles. The number of hydrogen-bond acceptors (Lipinski definition) is 6. The van der Waals surface area contributed by atoms with Crippen molar-refractivity contribution in [2.75, 3.05) is 17.7 Å². The number of ether oxygens (including phenoxy) is 1. The first-order valence-electron chi connectivity index (χ1n) is 7.28. The van der Waals surface area contributed by atoms with Crippen LogP contribution in [0.25, 0.3) is 0 Å². The van der Waals surface area contributed by atoms with Crippen LogP contribution < -0.4 is 15.4 Å². The zero-order valence-corrected chi connectivity index (χ0v) is 14.0. The predicted molar refractivity (Wildman–Crippen MR) is 95.6 cm³/mol. The Morgan fingerprint density at radius 3 is 2.71 bits per heavy atom. The topological polar surface area (TPSA) is 72.0 Å². The molecule has 0 aliphatic rings. The molecule has 3 aromatic rings. The number of methoxy groups -OCH3 is 1. The van der Waals surface area contributed by atoms with E-state index >= 15 is 0 Å². The smallest absolute Gasteiger partial charge is 0.249 e. The summed E-state index contributed by atoms with van der Waals surface area (Å²) in [6, 6.07) is 13.2. The Morgan fingerprint density at radius 1 is 1.08 bits per heavy atom. The Bertz CT molecular complexity index is 856. The molecule has 0 saturated carbocycles. The minimum absolute atomic E-state index is 0.370. The molecule has 1 heterocycles. The molecule has 2 N–H and O–H groups in total. The molecule has 6 nitrogen and oxygen atoms in total. The zero-order chi connectivity index (χ0) is 16.9. The van der Waals surface area contributed by atoms with Crippen molar-refractivity contribution >= 4 is 34.7 Å². The van der Waals surface area contributed by atoms with E-state index in [1.54, 1.807) is 13.3 Å². The van der Waals surface area contributed by atoms with Crippen LogP contribution in [0.5, 0.6) is 5.75 Å². The maximum atomic E-state index is 6.13. The van der Waals surface area contributed by atoms with Gasteiger partial charge in [-0.1, -0.05) is 29.8 Å². The summed E-state index contributed by atoms with van der Waals surface area (Å²) in [4.78, 5) is 4.40. The largest absolute Gasteiger partial charge is 0.495 e. The third-order valence-corrected chi connectivity index (χ3v) is 3.76. The number of aryl methyl sites for hydroxylation is 1. The van der Waals surface area contributed by atoms with E-state index in [1.165, 1.54) is 0 Å². The monoisotopic (exact) mass is 341 g/mol. The fraction of sp³-hybridized carbons (Fsp3) is 0.118. The molecule has 0 unspecified atom stereocenters. The highest BCUT2D eigenvalue weighted by molar-refractivity contribution is 6.31. The van der Waals surface area contributed by atoms with E-state index in [0.29, 0.717) is 16.8 Å². The normalized spacial score (nSPS) is 10.3. The van der Waals surface area contributed by atoms with Crippen molar-refractivity contribution in [2.24, 2.45) is 0 Å². The third kappa shape index (κ3) is 3.72. The second-order valence-corrected chi connectivity index (χ2v) is 5.49. The molecule has 0 radical (unpaired) electrons. The van der Waals surface area contributed by atoms with Crippen LogP contribution in [0.1, 0.15) is 5.56 Å². The number of halogens is 1. The second kappa shape index (κ2) is 7.14. The summed E-state index contributed by atoms with van der Waals surface area (Å²) in [6.45, 7) is 1.95. The van der Waals surface area contributed by atoms with Crippen LogP contribution in [0.2, 0.25) is 5.02 Å². The van der Waals surface area contributed by atoms with Crippen LogP contribution in [0.4, 0.5) is 23.1 Å². The van der Waals surface area contributed by atoms with Crippen LogP contribution in [0.15, 0.2) is 48.7 Å². The van der Waals surface area contributed by atoms with Gasteiger partial charge in [-0.15, -0.1) is 5.10 Å². The van der Waals surface area contributed by atoms with Gasteiger partial charge in [0.05, 0.1) is 19.0 Å². The first kappa shape index (κ1) is 16.0. The van der Waals surface area contributed by atoms with Crippen LogP contribution in [0, 0.1) is 6.92 Å². The fourth-order valence-corrected chi connectivity index (χ4v) is 2.28. The van der Waals surface area contributed by atoms with Gasteiger partial charge in [0.15, 0.2) is 5.82 Å². The highest BCUT2D eigenvalue weighted by Crippen LogP contribution is 2.26. The van der Waals surface area contributed by atoms with Gasteiger partial charge in [-0.05, 0) is 36.8 Å². The average Bonchev–Trinajstić information content (AvgIpc) is 2.59. The Labute approximate surface area is 144 Å². The lowest BCUT2D eigenvalue weighted by Crippen LogP contribution is -2.03. The quantitative estimate of drug-likeness (QED) is 0.719. The first-order chi connectivity index (χ1) is 11.7. The standard InChI is InChI=1S/C17H16ClN5O/c1-11-7-8-12(9-13(11)18)20-17-22-16(10-19-23-17)21-14-5-3-4-6-15(14)24-2/h3-10H,1-2H3,(H2,20,21,22,23). The Morgan fingerprint density at radius 2 is 1.92 bits per heavy atom. The molecule has 3 rings (SSSR count). The van der Waals surface area contributed by atoms with E-state index in [2.05, 4.69) is 25.8 Å². The van der Waals surface area contributed by atoms with Crippen LogP contribution in [-0.2, 0) is 0 Å². The fourth-order valence-electron chi connectivity index (χ4n) is 2.10. The van der Waals surface area contributed by atoms with Crippen LogP contribution >= 0.6 is 11.6 Å². The summed E-state index contributed by atoms with van der Waals surface area (Å²) < 4.78 is 5.31. The molecule has 1 aromatic heterocycles. The molecule has 0 aliphatic heterocycles. The Kier molecular flexibility index (Phi) is 4.77. The van der Waals surface area contributed by atoms with Crippen molar-refractivity contribution in [1.29, 1.82) is 0 Å². The van der Waals surface area contributed by atoms with Gasteiger partial charge in [0, 0.05) is 10.7 Å². The molecule has 24 heavy (non-hydrogen) atoms. The van der Waals surface area contributed by atoms with Gasteiger partial charge >= 0.3 is 0 Å². The number of anilines is 4. The van der Waals surface area contributed by atoms with Crippen molar-refractivity contribution in [1.82, 2.24) is 15.2 Å². The molecule has 0 fully saturated rings. The maximum absolute atomic E-state index is 6.13. The molecular weight excluding hydrogens is 326 g/mol. The highest BCUT2D eigenvalue weighted by Gasteiger charge is 2.06. The number of aromatic nitrogens is 3. The number of hydrogen-bond donors (Lipinski definition) is 2. The summed E-state index contributed by atoms with van der Waals surface area (Å²) in [5.41, 5.74) is 2.60. The van der Waals surface area contributed by atoms with Crippen molar-refractivity contribution in [2.45, 2.75) is 6.92 Å². The van der Waals surface area contributed by atoms with E-state index in [-0.39, 0.29) is 0 Å². The molecule has 122 valence electrons. The molecule has 0 bridgehead atoms. The number of rotatable bonds is 5. The van der Waals surface area contributed by atoms with E-state index < -0.39 is 0 Å². The van der Waals surface area contributed by atoms with Crippen molar-refractivity contribution in [3.8, 4) is 5.75 Å². The highest BCUT2D eigenvalue weighted by atomic mass is 35.5. The van der Waals surface area contributed by atoms with Gasteiger partial charge < -0.3 is 15.4 Å². The molecular formula is C17H16ClN5O. The SMILES string of the molecule is COc1ccccc1Nc1cnnc(Nc2ccc(C)c(Cl)c2)n1. The Balaban J connectivity index is 1.80. The van der Waals surface area contributed by atoms with Crippen molar-refractivity contribution in [3.05, 3.63) is 59.2 Å². The van der Waals surface area contributed by atoms with Gasteiger partial charge in [0.1, 0.15) is 5.75 Å². The number of benzene rings is 2. The molecule has 0 spiro atoms. The molecule has 0 aliphatic carbocycles. The summed E-state index contributed by atoms with van der Waals surface area (Å²) in [5, 5.41) is 14.9. The van der Waals surface area contributed by atoms with Gasteiger partial charge in [-0.2, -0.15) is 10.1 Å². The van der Waals surface area contributed by atoms with Gasteiger partial charge in [-0.3, -0.25) is 0 Å². The second-order valence-electron chi connectivity index (χ2n) is 5.08. The molecule has 7 heteroatoms. The average molecular weight is 342 g/mol. The molecule has 0 saturated heterocycles. The van der Waals surface area contributed by atoms with Gasteiger partial charge in [0.2, 0.25) is 5.95 Å². The minimum atomic E-state index is 0.370. The van der Waals surface area contributed by atoms with E-state index in [0.717, 1.165) is 22.7 Å². The zero-order valence-electron chi connectivity index (χ0n) is 13.2. The lowest BCUT2D eigenvalue weighted by atomic mass is 10.2. The van der Waals surface area contributed by atoms with Crippen molar-refractivity contribution in [3.63, 3.8) is 0 Å². The lowest BCUT2D eigenvalue weighted by molar-refractivity contribution is 0.417. The summed E-state index contributed by atoms with van der Waals surface area (Å²) in [6.07, 6.45) is 1.54. The predicted octanol–water partition coefficient (Wildman–Crippen LogP) is 4.33.